The molecule has 0 radical (unpaired) electrons. The third-order valence-corrected chi connectivity index (χ3v) is 2.85. The minimum Gasteiger partial charge on any atom is -0.479 e. The molecule has 0 fully saturated rings. The molecule has 0 aliphatic rings. The van der Waals surface area contributed by atoms with Gasteiger partial charge in [-0.05, 0) is 29.8 Å². The van der Waals surface area contributed by atoms with Gasteiger partial charge in [-0.1, -0.05) is 18.2 Å². The molecule has 0 aliphatic carbocycles. The summed E-state index contributed by atoms with van der Waals surface area (Å²) in [5.41, 5.74) is 7.65. The SMILES string of the molecule is N#CCOc1cccc(NC(=O)c2ccc(CN)cc2)c1. The van der Waals surface area contributed by atoms with Crippen LogP contribution in [-0.2, 0) is 6.54 Å². The molecule has 0 aliphatic heterocycles. The lowest BCUT2D eigenvalue weighted by Crippen LogP contribution is -2.12. The van der Waals surface area contributed by atoms with E-state index in [-0.39, 0.29) is 12.5 Å². The van der Waals surface area contributed by atoms with E-state index >= 15 is 0 Å². The maximum Gasteiger partial charge on any atom is 0.255 e. The molecule has 1 amide bonds. The molecule has 0 saturated carbocycles. The standard InChI is InChI=1S/C16H15N3O2/c17-8-9-21-15-3-1-2-14(10-15)19-16(20)13-6-4-12(11-18)5-7-13/h1-7,10H,9,11,18H2,(H,19,20). The number of carbonyl (C=O) groups is 1. The number of hydrogen-bond acceptors (Lipinski definition) is 4. The summed E-state index contributed by atoms with van der Waals surface area (Å²) in [6.45, 7) is 0.415. The van der Waals surface area contributed by atoms with Gasteiger partial charge in [-0.15, -0.1) is 0 Å². The molecular formula is C16H15N3O2. The zero-order valence-corrected chi connectivity index (χ0v) is 11.4. The van der Waals surface area contributed by atoms with Crippen LogP contribution < -0.4 is 15.8 Å². The Labute approximate surface area is 123 Å². The van der Waals surface area contributed by atoms with Gasteiger partial charge in [-0.25, -0.2) is 0 Å². The molecule has 5 heteroatoms. The van der Waals surface area contributed by atoms with E-state index in [0.29, 0.717) is 23.5 Å². The van der Waals surface area contributed by atoms with Crippen molar-refractivity contribution < 1.29 is 9.53 Å². The lowest BCUT2D eigenvalue weighted by atomic mass is 10.1. The van der Waals surface area contributed by atoms with Crippen LogP contribution in [0.2, 0.25) is 0 Å². The van der Waals surface area contributed by atoms with Gasteiger partial charge < -0.3 is 15.8 Å². The maximum atomic E-state index is 12.1. The predicted octanol–water partition coefficient (Wildman–Crippen LogP) is 2.30. The highest BCUT2D eigenvalue weighted by molar-refractivity contribution is 6.04. The molecule has 5 nitrogen and oxygen atoms in total. The van der Waals surface area contributed by atoms with Crippen molar-refractivity contribution in [3.05, 3.63) is 59.7 Å². The number of rotatable bonds is 5. The summed E-state index contributed by atoms with van der Waals surface area (Å²) >= 11 is 0. The molecule has 2 aromatic carbocycles. The Morgan fingerprint density at radius 2 is 2.00 bits per heavy atom. The fourth-order valence-corrected chi connectivity index (χ4v) is 1.77. The number of nitrogens with zero attached hydrogens (tertiary/aromatic N) is 1. The third-order valence-electron chi connectivity index (χ3n) is 2.85. The number of hydrogen-bond donors (Lipinski definition) is 2. The highest BCUT2D eigenvalue weighted by Crippen LogP contribution is 2.18. The minimum atomic E-state index is -0.212. The molecule has 0 unspecified atom stereocenters. The van der Waals surface area contributed by atoms with Crippen LogP contribution in [0.3, 0.4) is 0 Å². The predicted molar refractivity (Wildman–Crippen MR) is 79.8 cm³/mol. The Morgan fingerprint density at radius 1 is 1.24 bits per heavy atom. The Kier molecular flexibility index (Phi) is 4.91. The van der Waals surface area contributed by atoms with E-state index in [2.05, 4.69) is 5.32 Å². The number of anilines is 1. The van der Waals surface area contributed by atoms with Crippen molar-refractivity contribution in [3.63, 3.8) is 0 Å². The van der Waals surface area contributed by atoms with E-state index in [4.69, 9.17) is 15.7 Å². The number of carbonyl (C=O) groups excluding carboxylic acids is 1. The van der Waals surface area contributed by atoms with E-state index < -0.39 is 0 Å². The van der Waals surface area contributed by atoms with Crippen LogP contribution in [0, 0.1) is 11.3 Å². The van der Waals surface area contributed by atoms with Gasteiger partial charge in [0.25, 0.3) is 5.91 Å². The second-order valence-corrected chi connectivity index (χ2v) is 4.33. The summed E-state index contributed by atoms with van der Waals surface area (Å²) in [4.78, 5) is 12.1. The van der Waals surface area contributed by atoms with Crippen molar-refractivity contribution in [2.75, 3.05) is 11.9 Å². The van der Waals surface area contributed by atoms with Crippen LogP contribution in [-0.4, -0.2) is 12.5 Å². The number of nitriles is 1. The zero-order chi connectivity index (χ0) is 15.1. The lowest BCUT2D eigenvalue weighted by Gasteiger charge is -2.08. The van der Waals surface area contributed by atoms with Gasteiger partial charge in [0.1, 0.15) is 11.8 Å². The lowest BCUT2D eigenvalue weighted by molar-refractivity contribution is 0.102. The van der Waals surface area contributed by atoms with Crippen molar-refractivity contribution in [3.8, 4) is 11.8 Å². The monoisotopic (exact) mass is 281 g/mol. The first-order valence-corrected chi connectivity index (χ1v) is 6.43. The van der Waals surface area contributed by atoms with Crippen LogP contribution in [0.25, 0.3) is 0 Å². The fraction of sp³-hybridized carbons (Fsp3) is 0.125. The molecule has 0 spiro atoms. The van der Waals surface area contributed by atoms with Gasteiger partial charge in [0.05, 0.1) is 0 Å². The Morgan fingerprint density at radius 3 is 2.67 bits per heavy atom. The van der Waals surface area contributed by atoms with E-state index in [1.807, 2.05) is 18.2 Å². The molecule has 0 aromatic heterocycles. The second kappa shape index (κ2) is 7.08. The Hall–Kier alpha value is -2.84. The van der Waals surface area contributed by atoms with Crippen molar-refractivity contribution in [2.45, 2.75) is 6.54 Å². The summed E-state index contributed by atoms with van der Waals surface area (Å²) in [7, 11) is 0. The van der Waals surface area contributed by atoms with E-state index in [9.17, 15) is 4.79 Å². The molecule has 0 atom stereocenters. The second-order valence-electron chi connectivity index (χ2n) is 4.33. The van der Waals surface area contributed by atoms with Crippen molar-refractivity contribution in [1.82, 2.24) is 0 Å². The quantitative estimate of drug-likeness (QED) is 0.880. The average Bonchev–Trinajstić information content (AvgIpc) is 2.53. The zero-order valence-electron chi connectivity index (χ0n) is 11.4. The molecule has 106 valence electrons. The first-order chi connectivity index (χ1) is 10.2. The normalized spacial score (nSPS) is 9.71. The van der Waals surface area contributed by atoms with Crippen LogP contribution in [0.5, 0.6) is 5.75 Å². The maximum absolute atomic E-state index is 12.1. The number of benzene rings is 2. The highest BCUT2D eigenvalue weighted by Gasteiger charge is 2.06. The number of amides is 1. The smallest absolute Gasteiger partial charge is 0.255 e. The summed E-state index contributed by atoms with van der Waals surface area (Å²) in [6.07, 6.45) is 0. The highest BCUT2D eigenvalue weighted by atomic mass is 16.5. The number of ether oxygens (including phenoxy) is 1. The Bertz CT molecular complexity index is 660. The summed E-state index contributed by atoms with van der Waals surface area (Å²) < 4.78 is 5.19. The van der Waals surface area contributed by atoms with Gasteiger partial charge in [0.2, 0.25) is 0 Å². The van der Waals surface area contributed by atoms with E-state index in [1.165, 1.54) is 0 Å². The summed E-state index contributed by atoms with van der Waals surface area (Å²) in [6, 6.07) is 15.9. The van der Waals surface area contributed by atoms with Crippen LogP contribution in [0.1, 0.15) is 15.9 Å². The fourth-order valence-electron chi connectivity index (χ4n) is 1.77. The minimum absolute atomic E-state index is 0.0298. The summed E-state index contributed by atoms with van der Waals surface area (Å²) in [5, 5.41) is 11.3. The molecule has 21 heavy (non-hydrogen) atoms. The summed E-state index contributed by atoms with van der Waals surface area (Å²) in [5.74, 6) is 0.323. The Balaban J connectivity index is 2.06. The van der Waals surface area contributed by atoms with Crippen LogP contribution in [0.15, 0.2) is 48.5 Å². The number of nitrogens with one attached hydrogen (secondary N) is 1. The van der Waals surface area contributed by atoms with Gasteiger partial charge in [-0.2, -0.15) is 5.26 Å². The first-order valence-electron chi connectivity index (χ1n) is 6.43. The molecule has 0 saturated heterocycles. The van der Waals surface area contributed by atoms with E-state index in [1.54, 1.807) is 36.4 Å². The van der Waals surface area contributed by atoms with Crippen molar-refractivity contribution in [2.24, 2.45) is 5.73 Å². The van der Waals surface area contributed by atoms with Crippen LogP contribution in [0.4, 0.5) is 5.69 Å². The number of nitrogens with two attached hydrogens (primary N) is 1. The molecule has 2 aromatic rings. The molecular weight excluding hydrogens is 266 g/mol. The van der Waals surface area contributed by atoms with Gasteiger partial charge >= 0.3 is 0 Å². The van der Waals surface area contributed by atoms with Gasteiger partial charge in [0.15, 0.2) is 6.61 Å². The molecule has 3 N–H and O–H groups in total. The van der Waals surface area contributed by atoms with Crippen molar-refractivity contribution >= 4 is 11.6 Å². The topological polar surface area (TPSA) is 88.1 Å². The third kappa shape index (κ3) is 4.06. The average molecular weight is 281 g/mol. The van der Waals surface area contributed by atoms with Crippen molar-refractivity contribution in [1.29, 1.82) is 5.26 Å². The van der Waals surface area contributed by atoms with E-state index in [0.717, 1.165) is 5.56 Å². The first kappa shape index (κ1) is 14.6. The molecule has 0 heterocycles. The van der Waals surface area contributed by atoms with Gasteiger partial charge in [-0.3, -0.25) is 4.79 Å². The largest absolute Gasteiger partial charge is 0.479 e. The van der Waals surface area contributed by atoms with Gasteiger partial charge in [0, 0.05) is 23.9 Å². The molecule has 0 bridgehead atoms. The molecule has 2 rings (SSSR count). The van der Waals surface area contributed by atoms with Crippen LogP contribution >= 0.6 is 0 Å².